The van der Waals surface area contributed by atoms with Crippen LogP contribution in [-0.2, 0) is 11.2 Å². The number of H-pyrrole nitrogens is 1. The van der Waals surface area contributed by atoms with E-state index in [2.05, 4.69) is 15.3 Å². The number of rotatable bonds is 4. The number of anilines is 1. The number of aromatic amines is 1. The number of nitro benzene ring substituents is 1. The molecule has 1 amide bonds. The Morgan fingerprint density at radius 2 is 2.04 bits per heavy atom. The first-order valence-electron chi connectivity index (χ1n) is 7.96. The fourth-order valence-electron chi connectivity index (χ4n) is 2.89. The molecular formula is C18H12N4O5. The minimum Gasteiger partial charge on any atom is -0.415 e. The van der Waals surface area contributed by atoms with Gasteiger partial charge in [-0.25, -0.2) is 9.78 Å². The summed E-state index contributed by atoms with van der Waals surface area (Å²) in [7, 11) is 0. The number of para-hydroxylation sites is 3. The van der Waals surface area contributed by atoms with Gasteiger partial charge in [0.1, 0.15) is 0 Å². The number of carbonyl (C=O) groups excluding carboxylic acids is 1. The molecular weight excluding hydrogens is 352 g/mol. The number of carbonyl (C=O) groups is 1. The molecule has 9 nitrogen and oxygen atoms in total. The molecule has 2 aromatic carbocycles. The summed E-state index contributed by atoms with van der Waals surface area (Å²) in [6.07, 6.45) is -0.166. The van der Waals surface area contributed by atoms with Gasteiger partial charge >= 0.3 is 11.3 Å². The van der Waals surface area contributed by atoms with Gasteiger partial charge in [-0.05, 0) is 17.7 Å². The van der Waals surface area contributed by atoms with Crippen molar-refractivity contribution in [2.45, 2.75) is 6.42 Å². The standard InChI is InChI=1S/C18H12N4O5/c23-15(21-18-19-12-5-1-2-6-13(12)20-18)8-10-9-16(24)27-17-11(10)4-3-7-14(17)22(25)26/h1-7,9H,8H2,(H2,19,20,21,23). The van der Waals surface area contributed by atoms with E-state index >= 15 is 0 Å². The molecule has 4 aromatic rings. The molecule has 27 heavy (non-hydrogen) atoms. The molecule has 134 valence electrons. The summed E-state index contributed by atoms with van der Waals surface area (Å²) in [4.78, 5) is 41.9. The summed E-state index contributed by atoms with van der Waals surface area (Å²) in [5.74, 6) is -0.146. The van der Waals surface area contributed by atoms with Crippen LogP contribution in [0.15, 0.2) is 57.7 Å². The molecule has 0 spiro atoms. The Labute approximate surface area is 150 Å². The molecule has 0 atom stereocenters. The smallest absolute Gasteiger partial charge is 0.336 e. The van der Waals surface area contributed by atoms with Crippen molar-refractivity contribution in [1.82, 2.24) is 9.97 Å². The maximum atomic E-state index is 12.4. The number of hydrogen-bond acceptors (Lipinski definition) is 6. The summed E-state index contributed by atoms with van der Waals surface area (Å²) in [6, 6.07) is 12.7. The number of amides is 1. The van der Waals surface area contributed by atoms with Crippen LogP contribution in [0.5, 0.6) is 0 Å². The van der Waals surface area contributed by atoms with E-state index in [1.54, 1.807) is 12.1 Å². The van der Waals surface area contributed by atoms with Gasteiger partial charge < -0.3 is 9.40 Å². The minimum absolute atomic E-state index is 0.151. The Bertz CT molecular complexity index is 1220. The second-order valence-corrected chi connectivity index (χ2v) is 5.83. The number of non-ortho nitro benzene ring substituents is 1. The highest BCUT2D eigenvalue weighted by molar-refractivity contribution is 5.96. The Morgan fingerprint density at radius 1 is 1.22 bits per heavy atom. The molecule has 0 aliphatic rings. The molecule has 2 N–H and O–H groups in total. The molecule has 9 heteroatoms. The molecule has 0 bridgehead atoms. The fourth-order valence-corrected chi connectivity index (χ4v) is 2.89. The van der Waals surface area contributed by atoms with Gasteiger partial charge in [0.25, 0.3) is 0 Å². The van der Waals surface area contributed by atoms with Gasteiger partial charge in [-0.1, -0.05) is 24.3 Å². The third-order valence-electron chi connectivity index (χ3n) is 4.03. The third kappa shape index (κ3) is 3.13. The van der Waals surface area contributed by atoms with Crippen molar-refractivity contribution in [3.8, 4) is 0 Å². The van der Waals surface area contributed by atoms with Crippen LogP contribution in [-0.4, -0.2) is 20.8 Å². The van der Waals surface area contributed by atoms with E-state index < -0.39 is 16.5 Å². The van der Waals surface area contributed by atoms with Crippen molar-refractivity contribution in [3.05, 3.63) is 74.6 Å². The molecule has 2 heterocycles. The molecule has 0 saturated heterocycles. The molecule has 0 fully saturated rings. The normalized spacial score (nSPS) is 11.0. The summed E-state index contributed by atoms with van der Waals surface area (Å²) < 4.78 is 4.99. The van der Waals surface area contributed by atoms with Crippen LogP contribution in [0.4, 0.5) is 11.6 Å². The van der Waals surface area contributed by atoms with E-state index in [0.29, 0.717) is 16.5 Å². The number of imidazole rings is 1. The summed E-state index contributed by atoms with van der Waals surface area (Å²) >= 11 is 0. The van der Waals surface area contributed by atoms with Gasteiger partial charge in [-0.2, -0.15) is 0 Å². The first-order chi connectivity index (χ1) is 13.0. The summed E-state index contributed by atoms with van der Waals surface area (Å²) in [5, 5.41) is 14.1. The van der Waals surface area contributed by atoms with Gasteiger partial charge in [0.05, 0.1) is 22.4 Å². The lowest BCUT2D eigenvalue weighted by molar-refractivity contribution is -0.383. The quantitative estimate of drug-likeness (QED) is 0.325. The molecule has 4 rings (SSSR count). The average molecular weight is 364 g/mol. The predicted molar refractivity (Wildman–Crippen MR) is 97.6 cm³/mol. The Kier molecular flexibility index (Phi) is 3.88. The second-order valence-electron chi connectivity index (χ2n) is 5.83. The van der Waals surface area contributed by atoms with E-state index in [1.165, 1.54) is 12.1 Å². The lowest BCUT2D eigenvalue weighted by Crippen LogP contribution is -2.16. The summed E-state index contributed by atoms with van der Waals surface area (Å²) in [5.41, 5.74) is 0.566. The second kappa shape index (κ2) is 6.37. The third-order valence-corrected chi connectivity index (χ3v) is 4.03. The van der Waals surface area contributed by atoms with Crippen LogP contribution in [0.2, 0.25) is 0 Å². The zero-order valence-electron chi connectivity index (χ0n) is 13.8. The Morgan fingerprint density at radius 3 is 2.81 bits per heavy atom. The molecule has 0 saturated carbocycles. The highest BCUT2D eigenvalue weighted by Crippen LogP contribution is 2.26. The molecule has 0 aliphatic heterocycles. The lowest BCUT2D eigenvalue weighted by atomic mass is 10.1. The Balaban J connectivity index is 1.66. The van der Waals surface area contributed by atoms with Crippen LogP contribution in [0.3, 0.4) is 0 Å². The first-order valence-corrected chi connectivity index (χ1v) is 7.96. The highest BCUT2D eigenvalue weighted by Gasteiger charge is 2.18. The first kappa shape index (κ1) is 16.5. The van der Waals surface area contributed by atoms with Gasteiger partial charge in [-0.15, -0.1) is 0 Å². The predicted octanol–water partition coefficient (Wildman–Crippen LogP) is 2.76. The Hall–Kier alpha value is -4.01. The monoisotopic (exact) mass is 364 g/mol. The van der Waals surface area contributed by atoms with Gasteiger partial charge in [-0.3, -0.25) is 20.2 Å². The van der Waals surface area contributed by atoms with Gasteiger partial charge in [0.15, 0.2) is 0 Å². The minimum atomic E-state index is -0.761. The molecule has 0 radical (unpaired) electrons. The van der Waals surface area contributed by atoms with Crippen LogP contribution in [0.1, 0.15) is 5.56 Å². The number of hydrogen-bond donors (Lipinski definition) is 2. The number of nitro groups is 1. The average Bonchev–Trinajstić information content (AvgIpc) is 3.02. The maximum Gasteiger partial charge on any atom is 0.336 e. The number of aromatic nitrogens is 2. The van der Waals surface area contributed by atoms with E-state index in [4.69, 9.17) is 4.42 Å². The summed E-state index contributed by atoms with van der Waals surface area (Å²) in [6.45, 7) is 0. The van der Waals surface area contributed by atoms with E-state index in [9.17, 15) is 19.7 Å². The van der Waals surface area contributed by atoms with Crippen molar-refractivity contribution < 1.29 is 14.1 Å². The number of benzene rings is 2. The fraction of sp³-hybridized carbons (Fsp3) is 0.0556. The van der Waals surface area contributed by atoms with Crippen molar-refractivity contribution in [2.24, 2.45) is 0 Å². The topological polar surface area (TPSA) is 131 Å². The zero-order chi connectivity index (χ0) is 19.0. The van der Waals surface area contributed by atoms with Crippen molar-refractivity contribution in [2.75, 3.05) is 5.32 Å². The van der Waals surface area contributed by atoms with Crippen LogP contribution in [0, 0.1) is 10.1 Å². The van der Waals surface area contributed by atoms with E-state index in [-0.39, 0.29) is 23.6 Å². The number of nitrogens with zero attached hydrogens (tertiary/aromatic N) is 2. The maximum absolute atomic E-state index is 12.4. The van der Waals surface area contributed by atoms with Crippen LogP contribution < -0.4 is 10.9 Å². The molecule has 0 unspecified atom stereocenters. The van der Waals surface area contributed by atoms with E-state index in [0.717, 1.165) is 11.6 Å². The highest BCUT2D eigenvalue weighted by atomic mass is 16.6. The number of fused-ring (bicyclic) bond motifs is 2. The number of nitrogens with one attached hydrogen (secondary N) is 2. The molecule has 0 aliphatic carbocycles. The van der Waals surface area contributed by atoms with E-state index in [1.807, 2.05) is 18.2 Å². The van der Waals surface area contributed by atoms with Crippen molar-refractivity contribution in [1.29, 1.82) is 0 Å². The van der Waals surface area contributed by atoms with Crippen molar-refractivity contribution in [3.63, 3.8) is 0 Å². The SMILES string of the molecule is O=C(Cc1cc(=O)oc2c([N+](=O)[O-])cccc12)Nc1nc2ccccc2[nH]1. The van der Waals surface area contributed by atoms with Crippen LogP contribution in [0.25, 0.3) is 22.0 Å². The zero-order valence-corrected chi connectivity index (χ0v) is 13.8. The van der Waals surface area contributed by atoms with Crippen molar-refractivity contribution >= 4 is 39.5 Å². The largest absolute Gasteiger partial charge is 0.415 e. The molecule has 2 aromatic heterocycles. The van der Waals surface area contributed by atoms with Crippen LogP contribution >= 0.6 is 0 Å². The van der Waals surface area contributed by atoms with Gasteiger partial charge in [0.2, 0.25) is 17.4 Å². The lowest BCUT2D eigenvalue weighted by Gasteiger charge is -2.05. The van der Waals surface area contributed by atoms with Gasteiger partial charge in [0, 0.05) is 17.5 Å².